The fourth-order valence-electron chi connectivity index (χ4n) is 2.84. The second kappa shape index (κ2) is 7.74. The number of carbonyl (C=O) groups excluding carboxylic acids is 1. The van der Waals surface area contributed by atoms with E-state index in [-0.39, 0.29) is 5.69 Å². The van der Waals surface area contributed by atoms with Crippen LogP contribution in [-0.2, 0) is 0 Å². The van der Waals surface area contributed by atoms with Crippen molar-refractivity contribution in [3.05, 3.63) is 53.6 Å². The lowest BCUT2D eigenvalue weighted by Gasteiger charge is -2.35. The van der Waals surface area contributed by atoms with Gasteiger partial charge in [-0.05, 0) is 30.8 Å². The lowest BCUT2D eigenvalue weighted by molar-refractivity contribution is 0.102. The number of piperazine rings is 1. The number of amides is 1. The van der Waals surface area contributed by atoms with Crippen molar-refractivity contribution in [2.24, 2.45) is 0 Å². The molecule has 2 heterocycles. The summed E-state index contributed by atoms with van der Waals surface area (Å²) in [5, 5.41) is 2.20. The van der Waals surface area contributed by atoms with Gasteiger partial charge in [0.25, 0.3) is 5.91 Å². The van der Waals surface area contributed by atoms with Crippen LogP contribution in [0.25, 0.3) is 0 Å². The van der Waals surface area contributed by atoms with E-state index in [0.29, 0.717) is 0 Å². The van der Waals surface area contributed by atoms with Crippen molar-refractivity contribution in [3.63, 3.8) is 0 Å². The number of nitrogens with zero attached hydrogens (tertiary/aromatic N) is 3. The summed E-state index contributed by atoms with van der Waals surface area (Å²) in [6.07, 6.45) is 1.58. The summed E-state index contributed by atoms with van der Waals surface area (Å²) < 4.78 is 39.8. The van der Waals surface area contributed by atoms with Crippen molar-refractivity contribution in [2.45, 2.75) is 6.92 Å². The Balaban J connectivity index is 1.67. The summed E-state index contributed by atoms with van der Waals surface area (Å²) in [6, 6.07) is 5.01. The number of nitrogens with one attached hydrogen (secondary N) is 1. The van der Waals surface area contributed by atoms with Crippen molar-refractivity contribution in [3.8, 4) is 0 Å². The first-order valence-corrected chi connectivity index (χ1v) is 8.37. The molecule has 1 N–H and O–H groups in total. The molecule has 0 spiro atoms. The maximum atomic E-state index is 13.6. The van der Waals surface area contributed by atoms with Crippen LogP contribution in [-0.4, -0.2) is 48.5 Å². The average molecular weight is 364 g/mol. The maximum absolute atomic E-state index is 13.6. The van der Waals surface area contributed by atoms with E-state index in [4.69, 9.17) is 0 Å². The number of benzene rings is 1. The first-order chi connectivity index (χ1) is 12.5. The van der Waals surface area contributed by atoms with Crippen molar-refractivity contribution in [1.29, 1.82) is 0 Å². The van der Waals surface area contributed by atoms with E-state index in [2.05, 4.69) is 27.0 Å². The lowest BCUT2D eigenvalue weighted by Crippen LogP contribution is -2.46. The molecule has 1 aliphatic rings. The van der Waals surface area contributed by atoms with Crippen LogP contribution < -0.4 is 10.2 Å². The van der Waals surface area contributed by atoms with Gasteiger partial charge in [-0.1, -0.05) is 6.92 Å². The molecule has 2 aromatic rings. The van der Waals surface area contributed by atoms with E-state index in [1.54, 1.807) is 12.3 Å². The highest BCUT2D eigenvalue weighted by atomic mass is 19.2. The molecule has 8 heteroatoms. The van der Waals surface area contributed by atoms with E-state index in [9.17, 15) is 18.0 Å². The molecule has 0 atom stereocenters. The van der Waals surface area contributed by atoms with Crippen LogP contribution >= 0.6 is 0 Å². The molecule has 1 saturated heterocycles. The smallest absolute Gasteiger partial charge is 0.274 e. The Morgan fingerprint density at radius 2 is 1.81 bits per heavy atom. The Labute approximate surface area is 149 Å². The molecule has 3 rings (SSSR count). The molecule has 26 heavy (non-hydrogen) atoms. The minimum Gasteiger partial charge on any atom is -0.368 e. The Hall–Kier alpha value is -2.61. The SMILES string of the molecule is CCN1CCN(c2ccc(C(=O)Nc3ccc(F)c(F)c3F)nc2)CC1. The van der Waals surface area contributed by atoms with E-state index in [0.717, 1.165) is 50.5 Å². The quantitative estimate of drug-likeness (QED) is 0.848. The van der Waals surface area contributed by atoms with Gasteiger partial charge in [0, 0.05) is 26.2 Å². The van der Waals surface area contributed by atoms with Gasteiger partial charge in [0.2, 0.25) is 0 Å². The Morgan fingerprint density at radius 3 is 2.42 bits per heavy atom. The third kappa shape index (κ3) is 3.80. The van der Waals surface area contributed by atoms with Gasteiger partial charge in [0.1, 0.15) is 5.69 Å². The highest BCUT2D eigenvalue weighted by molar-refractivity contribution is 6.03. The van der Waals surface area contributed by atoms with E-state index in [1.807, 2.05) is 0 Å². The van der Waals surface area contributed by atoms with Gasteiger partial charge >= 0.3 is 0 Å². The molecule has 0 saturated carbocycles. The van der Waals surface area contributed by atoms with E-state index in [1.165, 1.54) is 6.07 Å². The van der Waals surface area contributed by atoms with Crippen LogP contribution in [0.4, 0.5) is 24.5 Å². The predicted octanol–water partition coefficient (Wildman–Crippen LogP) is 2.89. The molecule has 1 aromatic heterocycles. The van der Waals surface area contributed by atoms with Gasteiger partial charge in [0.05, 0.1) is 17.6 Å². The number of hydrogen-bond donors (Lipinski definition) is 1. The fourth-order valence-corrected chi connectivity index (χ4v) is 2.84. The second-order valence-electron chi connectivity index (χ2n) is 6.00. The van der Waals surface area contributed by atoms with Crippen LogP contribution in [0.2, 0.25) is 0 Å². The molecule has 138 valence electrons. The van der Waals surface area contributed by atoms with Crippen LogP contribution in [0.1, 0.15) is 17.4 Å². The maximum Gasteiger partial charge on any atom is 0.274 e. The Morgan fingerprint density at radius 1 is 1.08 bits per heavy atom. The number of anilines is 2. The normalized spacial score (nSPS) is 15.2. The lowest BCUT2D eigenvalue weighted by atomic mass is 10.2. The zero-order valence-corrected chi connectivity index (χ0v) is 14.3. The zero-order valence-electron chi connectivity index (χ0n) is 14.3. The third-order valence-electron chi connectivity index (χ3n) is 4.45. The highest BCUT2D eigenvalue weighted by Crippen LogP contribution is 2.21. The first kappa shape index (κ1) is 18.2. The summed E-state index contributed by atoms with van der Waals surface area (Å²) in [5.41, 5.74) is 0.525. The molecule has 1 aliphatic heterocycles. The molecule has 1 aromatic carbocycles. The molecule has 1 fully saturated rings. The van der Waals surface area contributed by atoms with Crippen LogP contribution in [0.3, 0.4) is 0 Å². The molecule has 0 unspecified atom stereocenters. The molecule has 1 amide bonds. The second-order valence-corrected chi connectivity index (χ2v) is 6.00. The van der Waals surface area contributed by atoms with Gasteiger partial charge in [-0.25, -0.2) is 18.2 Å². The molecule has 5 nitrogen and oxygen atoms in total. The number of carbonyl (C=O) groups is 1. The number of pyridine rings is 1. The number of likely N-dealkylation sites (N-methyl/N-ethyl adjacent to an activating group) is 1. The van der Waals surface area contributed by atoms with Crippen molar-refractivity contribution >= 4 is 17.3 Å². The standard InChI is InChI=1S/C18H19F3N4O/c1-2-24-7-9-25(10-8-24)12-3-5-15(22-11-12)18(26)23-14-6-4-13(19)16(20)17(14)21/h3-6,11H,2,7-10H2,1H3,(H,23,26). The number of halogens is 3. The summed E-state index contributed by atoms with van der Waals surface area (Å²) in [7, 11) is 0. The van der Waals surface area contributed by atoms with Crippen LogP contribution in [0.15, 0.2) is 30.5 Å². The first-order valence-electron chi connectivity index (χ1n) is 8.37. The van der Waals surface area contributed by atoms with Gasteiger partial charge < -0.3 is 15.1 Å². The summed E-state index contributed by atoms with van der Waals surface area (Å²) in [6.45, 7) is 6.83. The van der Waals surface area contributed by atoms with Gasteiger partial charge in [-0.2, -0.15) is 0 Å². The average Bonchev–Trinajstić information content (AvgIpc) is 2.68. The van der Waals surface area contributed by atoms with Crippen molar-refractivity contribution in [2.75, 3.05) is 42.9 Å². The fraction of sp³-hybridized carbons (Fsp3) is 0.333. The van der Waals surface area contributed by atoms with E-state index < -0.39 is 29.0 Å². The Bertz CT molecular complexity index is 790. The van der Waals surface area contributed by atoms with Crippen molar-refractivity contribution in [1.82, 2.24) is 9.88 Å². The largest absolute Gasteiger partial charge is 0.368 e. The Kier molecular flexibility index (Phi) is 5.41. The van der Waals surface area contributed by atoms with Gasteiger partial charge in [0.15, 0.2) is 17.5 Å². The molecular weight excluding hydrogens is 345 g/mol. The number of rotatable bonds is 4. The van der Waals surface area contributed by atoms with Crippen LogP contribution in [0, 0.1) is 17.5 Å². The number of aromatic nitrogens is 1. The summed E-state index contributed by atoms with van der Waals surface area (Å²) in [5.74, 6) is -5.08. The minimum atomic E-state index is -1.63. The van der Waals surface area contributed by atoms with Gasteiger partial charge in [-0.3, -0.25) is 4.79 Å². The molecular formula is C18H19F3N4O. The number of hydrogen-bond acceptors (Lipinski definition) is 4. The topological polar surface area (TPSA) is 48.5 Å². The summed E-state index contributed by atoms with van der Waals surface area (Å²) >= 11 is 0. The van der Waals surface area contributed by atoms with E-state index >= 15 is 0 Å². The van der Waals surface area contributed by atoms with Gasteiger partial charge in [-0.15, -0.1) is 0 Å². The highest BCUT2D eigenvalue weighted by Gasteiger charge is 2.18. The third-order valence-corrected chi connectivity index (χ3v) is 4.45. The zero-order chi connectivity index (χ0) is 18.7. The predicted molar refractivity (Wildman–Crippen MR) is 92.8 cm³/mol. The minimum absolute atomic E-state index is 0.0603. The molecule has 0 radical (unpaired) electrons. The molecule has 0 aliphatic carbocycles. The van der Waals surface area contributed by atoms with Crippen LogP contribution in [0.5, 0.6) is 0 Å². The van der Waals surface area contributed by atoms with Crippen molar-refractivity contribution < 1.29 is 18.0 Å². The summed E-state index contributed by atoms with van der Waals surface area (Å²) in [4.78, 5) is 20.8. The molecule has 0 bridgehead atoms. The monoisotopic (exact) mass is 364 g/mol.